The van der Waals surface area contributed by atoms with Crippen molar-refractivity contribution >= 4 is 11.6 Å². The second-order valence-corrected chi connectivity index (χ2v) is 4.69. The van der Waals surface area contributed by atoms with Gasteiger partial charge in [-0.15, -0.1) is 0 Å². The van der Waals surface area contributed by atoms with E-state index in [-0.39, 0.29) is 5.91 Å². The number of aryl methyl sites for hydroxylation is 2. The zero-order chi connectivity index (χ0) is 14.4. The first-order valence-corrected chi connectivity index (χ1v) is 6.75. The maximum atomic E-state index is 12.2. The summed E-state index contributed by atoms with van der Waals surface area (Å²) in [5.74, 6) is 0.906. The lowest BCUT2D eigenvalue weighted by molar-refractivity contribution is 0.0954. The molecule has 0 bridgehead atoms. The summed E-state index contributed by atoms with van der Waals surface area (Å²) in [6.07, 6.45) is 5.24. The minimum Gasteiger partial charge on any atom is -0.387 e. The zero-order valence-corrected chi connectivity index (χ0v) is 11.9. The Morgan fingerprint density at radius 2 is 2.25 bits per heavy atom. The minimum atomic E-state index is -0.0440. The highest BCUT2D eigenvalue weighted by Gasteiger charge is 2.10. The molecule has 1 amide bonds. The predicted molar refractivity (Wildman–Crippen MR) is 80.0 cm³/mol. The van der Waals surface area contributed by atoms with Crippen molar-refractivity contribution in [2.75, 3.05) is 18.9 Å². The van der Waals surface area contributed by atoms with Gasteiger partial charge in [0, 0.05) is 38.1 Å². The monoisotopic (exact) mass is 272 g/mol. The smallest absolute Gasteiger partial charge is 0.253 e. The molecule has 0 saturated carbocycles. The zero-order valence-electron chi connectivity index (χ0n) is 11.9. The molecule has 0 spiro atoms. The largest absolute Gasteiger partial charge is 0.387 e. The Labute approximate surface area is 118 Å². The van der Waals surface area contributed by atoms with E-state index in [4.69, 9.17) is 0 Å². The molecule has 5 nitrogen and oxygen atoms in total. The summed E-state index contributed by atoms with van der Waals surface area (Å²) in [7, 11) is 1.82. The van der Waals surface area contributed by atoms with Crippen LogP contribution in [0.25, 0.3) is 0 Å². The number of carbonyl (C=O) groups is 1. The summed E-state index contributed by atoms with van der Waals surface area (Å²) >= 11 is 0. The van der Waals surface area contributed by atoms with Gasteiger partial charge in [-0.25, -0.2) is 4.98 Å². The number of hydrogen-bond acceptors (Lipinski definition) is 3. The normalized spacial score (nSPS) is 10.3. The van der Waals surface area contributed by atoms with Gasteiger partial charge in [-0.1, -0.05) is 11.6 Å². The highest BCUT2D eigenvalue weighted by molar-refractivity contribution is 5.99. The Balaban J connectivity index is 1.87. The number of nitrogens with zero attached hydrogens (tertiary/aromatic N) is 1. The molecule has 0 fully saturated rings. The SMILES string of the molecule is CNc1ccc(C)cc1C(=O)NCCCc1ncc[nH]1. The standard InChI is InChI=1S/C15H20N4O/c1-11-5-6-13(16-2)12(10-11)15(20)19-7-3-4-14-17-8-9-18-14/h5-6,8-10,16H,3-4,7H2,1-2H3,(H,17,18)(H,19,20). The molecule has 0 atom stereocenters. The number of rotatable bonds is 6. The maximum absolute atomic E-state index is 12.2. The first-order valence-electron chi connectivity index (χ1n) is 6.75. The van der Waals surface area contributed by atoms with Crippen LogP contribution in [0.15, 0.2) is 30.6 Å². The third-order valence-electron chi connectivity index (χ3n) is 3.12. The Morgan fingerprint density at radius 1 is 1.40 bits per heavy atom. The number of carbonyl (C=O) groups excluding carboxylic acids is 1. The van der Waals surface area contributed by atoms with Crippen LogP contribution in [0.2, 0.25) is 0 Å². The topological polar surface area (TPSA) is 69.8 Å². The first kappa shape index (κ1) is 14.1. The average Bonchev–Trinajstić information content (AvgIpc) is 2.96. The molecule has 0 unspecified atom stereocenters. The van der Waals surface area contributed by atoms with Crippen LogP contribution in [0.1, 0.15) is 28.2 Å². The van der Waals surface area contributed by atoms with Gasteiger partial charge in [-0.3, -0.25) is 4.79 Å². The molecular weight excluding hydrogens is 252 g/mol. The Morgan fingerprint density at radius 3 is 2.95 bits per heavy atom. The number of aromatic amines is 1. The van der Waals surface area contributed by atoms with E-state index in [2.05, 4.69) is 20.6 Å². The van der Waals surface area contributed by atoms with Crippen molar-refractivity contribution < 1.29 is 4.79 Å². The van der Waals surface area contributed by atoms with Crippen molar-refractivity contribution in [2.45, 2.75) is 19.8 Å². The lowest BCUT2D eigenvalue weighted by atomic mass is 10.1. The number of anilines is 1. The third kappa shape index (κ3) is 3.60. The molecule has 0 saturated heterocycles. The number of amides is 1. The summed E-state index contributed by atoms with van der Waals surface area (Å²) in [6.45, 7) is 2.61. The molecule has 1 heterocycles. The average molecular weight is 272 g/mol. The summed E-state index contributed by atoms with van der Waals surface area (Å²) in [5.41, 5.74) is 2.61. The van der Waals surface area contributed by atoms with Gasteiger partial charge >= 0.3 is 0 Å². The van der Waals surface area contributed by atoms with Crippen molar-refractivity contribution in [2.24, 2.45) is 0 Å². The van der Waals surface area contributed by atoms with Gasteiger partial charge in [0.05, 0.1) is 5.56 Å². The molecule has 0 aliphatic rings. The molecule has 1 aromatic carbocycles. The molecular formula is C15H20N4O. The number of H-pyrrole nitrogens is 1. The van der Waals surface area contributed by atoms with Crippen LogP contribution in [-0.2, 0) is 6.42 Å². The lowest BCUT2D eigenvalue weighted by Crippen LogP contribution is -2.25. The second-order valence-electron chi connectivity index (χ2n) is 4.69. The third-order valence-corrected chi connectivity index (χ3v) is 3.12. The quantitative estimate of drug-likeness (QED) is 0.705. The lowest BCUT2D eigenvalue weighted by Gasteiger charge is -2.10. The van der Waals surface area contributed by atoms with Gasteiger partial charge in [0.25, 0.3) is 5.91 Å². The maximum Gasteiger partial charge on any atom is 0.253 e. The van der Waals surface area contributed by atoms with E-state index < -0.39 is 0 Å². The molecule has 3 N–H and O–H groups in total. The van der Waals surface area contributed by atoms with Crippen LogP contribution in [0.3, 0.4) is 0 Å². The Hall–Kier alpha value is -2.30. The second kappa shape index (κ2) is 6.75. The van der Waals surface area contributed by atoms with Crippen LogP contribution in [0, 0.1) is 6.92 Å². The number of nitrogens with one attached hydrogen (secondary N) is 3. The highest BCUT2D eigenvalue weighted by atomic mass is 16.1. The fourth-order valence-corrected chi connectivity index (χ4v) is 2.05. The van der Waals surface area contributed by atoms with E-state index >= 15 is 0 Å². The minimum absolute atomic E-state index is 0.0440. The fraction of sp³-hybridized carbons (Fsp3) is 0.333. The number of aromatic nitrogens is 2. The van der Waals surface area contributed by atoms with E-state index in [9.17, 15) is 4.79 Å². The Bertz CT molecular complexity index is 563. The summed E-state index contributed by atoms with van der Waals surface area (Å²) in [4.78, 5) is 19.4. The molecule has 20 heavy (non-hydrogen) atoms. The van der Waals surface area contributed by atoms with Crippen LogP contribution in [0.4, 0.5) is 5.69 Å². The van der Waals surface area contributed by atoms with Gasteiger partial charge in [0.15, 0.2) is 0 Å². The van der Waals surface area contributed by atoms with Crippen LogP contribution >= 0.6 is 0 Å². The number of imidazole rings is 1. The predicted octanol–water partition coefficient (Wildman–Crippen LogP) is 2.12. The van der Waals surface area contributed by atoms with Crippen molar-refractivity contribution in [1.29, 1.82) is 0 Å². The summed E-state index contributed by atoms with van der Waals surface area (Å²) in [5, 5.41) is 5.98. The van der Waals surface area contributed by atoms with E-state index in [0.29, 0.717) is 12.1 Å². The van der Waals surface area contributed by atoms with Gasteiger partial charge in [0.2, 0.25) is 0 Å². The van der Waals surface area contributed by atoms with Crippen LogP contribution in [-0.4, -0.2) is 29.5 Å². The molecule has 2 rings (SSSR count). The number of benzene rings is 1. The molecule has 5 heteroatoms. The van der Waals surface area contributed by atoms with Crippen molar-refractivity contribution in [3.8, 4) is 0 Å². The fourth-order valence-electron chi connectivity index (χ4n) is 2.05. The van der Waals surface area contributed by atoms with E-state index in [1.54, 1.807) is 12.4 Å². The molecule has 2 aromatic rings. The molecule has 0 aliphatic heterocycles. The van der Waals surface area contributed by atoms with Crippen molar-refractivity contribution in [3.05, 3.63) is 47.5 Å². The van der Waals surface area contributed by atoms with Gasteiger partial charge in [-0.05, 0) is 25.5 Å². The van der Waals surface area contributed by atoms with Crippen LogP contribution < -0.4 is 10.6 Å². The van der Waals surface area contributed by atoms with Gasteiger partial charge < -0.3 is 15.6 Å². The summed E-state index contributed by atoms with van der Waals surface area (Å²) in [6, 6.07) is 5.81. The molecule has 0 aliphatic carbocycles. The van der Waals surface area contributed by atoms with Crippen LogP contribution in [0.5, 0.6) is 0 Å². The molecule has 106 valence electrons. The highest BCUT2D eigenvalue weighted by Crippen LogP contribution is 2.16. The molecule has 1 aromatic heterocycles. The van der Waals surface area contributed by atoms with E-state index in [1.807, 2.05) is 32.2 Å². The molecule has 0 radical (unpaired) electrons. The van der Waals surface area contributed by atoms with Gasteiger partial charge in [-0.2, -0.15) is 0 Å². The van der Waals surface area contributed by atoms with E-state index in [1.165, 1.54) is 0 Å². The van der Waals surface area contributed by atoms with Crippen molar-refractivity contribution in [3.63, 3.8) is 0 Å². The van der Waals surface area contributed by atoms with Gasteiger partial charge in [0.1, 0.15) is 5.82 Å². The Kier molecular flexibility index (Phi) is 4.76. The summed E-state index contributed by atoms with van der Waals surface area (Å²) < 4.78 is 0. The first-order chi connectivity index (χ1) is 9.70. The van der Waals surface area contributed by atoms with E-state index in [0.717, 1.165) is 29.9 Å². The number of hydrogen-bond donors (Lipinski definition) is 3. The van der Waals surface area contributed by atoms with Crippen molar-refractivity contribution in [1.82, 2.24) is 15.3 Å².